The molecule has 0 unspecified atom stereocenters. The number of ether oxygens (including phenoxy) is 2. The first kappa shape index (κ1) is 23.3. The molecule has 184 valence electrons. The van der Waals surface area contributed by atoms with E-state index in [4.69, 9.17) is 9.47 Å². The van der Waals surface area contributed by atoms with E-state index in [1.165, 1.54) is 0 Å². The van der Waals surface area contributed by atoms with Crippen LogP contribution in [0.15, 0.2) is 48.5 Å². The lowest BCUT2D eigenvalue weighted by atomic mass is 9.93. The maximum atomic E-state index is 14.0. The van der Waals surface area contributed by atoms with Crippen LogP contribution in [0.4, 0.5) is 0 Å². The van der Waals surface area contributed by atoms with Crippen LogP contribution in [0.1, 0.15) is 48.7 Å². The fourth-order valence-electron chi connectivity index (χ4n) is 5.60. The van der Waals surface area contributed by atoms with Crippen molar-refractivity contribution in [1.82, 2.24) is 14.8 Å². The largest absolute Gasteiger partial charge is 0.496 e. The fourth-order valence-corrected chi connectivity index (χ4v) is 5.60. The summed E-state index contributed by atoms with van der Waals surface area (Å²) in [6.07, 6.45) is 4.90. The zero-order valence-electron chi connectivity index (χ0n) is 20.7. The number of methoxy groups -OCH3 is 2. The van der Waals surface area contributed by atoms with E-state index in [0.717, 1.165) is 42.1 Å². The average molecular weight is 476 g/mol. The zero-order chi connectivity index (χ0) is 24.6. The van der Waals surface area contributed by atoms with Gasteiger partial charge in [0.25, 0.3) is 5.91 Å². The molecule has 2 aliphatic rings. The topological polar surface area (TPSA) is 72.8 Å². The minimum absolute atomic E-state index is 0.0971. The third-order valence-electron chi connectivity index (χ3n) is 7.59. The lowest BCUT2D eigenvalue weighted by molar-refractivity contribution is -0.133. The summed E-state index contributed by atoms with van der Waals surface area (Å²) in [7, 11) is 3.23. The van der Waals surface area contributed by atoms with Gasteiger partial charge in [-0.2, -0.15) is 0 Å². The quantitative estimate of drug-likeness (QED) is 0.557. The first-order valence-electron chi connectivity index (χ1n) is 12.4. The monoisotopic (exact) mass is 475 g/mol. The summed E-state index contributed by atoms with van der Waals surface area (Å²) in [5.74, 6) is 1.07. The number of nitrogens with zero attached hydrogens (tertiary/aromatic N) is 2. The third-order valence-corrected chi connectivity index (χ3v) is 7.59. The number of carbonyl (C=O) groups excluding carboxylic acids is 2. The maximum absolute atomic E-state index is 14.0. The summed E-state index contributed by atoms with van der Waals surface area (Å²) < 4.78 is 13.2. The molecule has 0 saturated heterocycles. The van der Waals surface area contributed by atoms with Crippen LogP contribution < -0.4 is 14.8 Å². The average Bonchev–Trinajstić information content (AvgIpc) is 3.52. The van der Waals surface area contributed by atoms with Crippen LogP contribution in [-0.2, 0) is 17.8 Å². The Morgan fingerprint density at radius 1 is 1.06 bits per heavy atom. The molecule has 1 saturated carbocycles. The molecule has 1 atom stereocenters. The molecule has 2 amide bonds. The van der Waals surface area contributed by atoms with E-state index in [1.807, 2.05) is 47.9 Å². The predicted molar refractivity (Wildman–Crippen MR) is 135 cm³/mol. The van der Waals surface area contributed by atoms with E-state index in [-0.39, 0.29) is 17.9 Å². The van der Waals surface area contributed by atoms with Gasteiger partial charge in [0.15, 0.2) is 0 Å². The van der Waals surface area contributed by atoms with Crippen LogP contribution in [0.2, 0.25) is 0 Å². The molecule has 0 bridgehead atoms. The fraction of sp³-hybridized carbons (Fsp3) is 0.429. The molecule has 1 fully saturated rings. The Kier molecular flexibility index (Phi) is 6.17. The number of carbonyl (C=O) groups is 2. The predicted octanol–water partition coefficient (Wildman–Crippen LogP) is 4.17. The van der Waals surface area contributed by atoms with Crippen LogP contribution >= 0.6 is 0 Å². The molecule has 0 radical (unpaired) electrons. The Bertz CT molecular complexity index is 1250. The van der Waals surface area contributed by atoms with Gasteiger partial charge in [0.2, 0.25) is 5.91 Å². The summed E-state index contributed by atoms with van der Waals surface area (Å²) in [4.78, 5) is 29.6. The second kappa shape index (κ2) is 9.29. The Morgan fingerprint density at radius 2 is 1.74 bits per heavy atom. The van der Waals surface area contributed by atoms with E-state index in [2.05, 4.69) is 17.4 Å². The minimum Gasteiger partial charge on any atom is -0.496 e. The summed E-state index contributed by atoms with van der Waals surface area (Å²) >= 11 is 0. The molecule has 7 heteroatoms. The van der Waals surface area contributed by atoms with Crippen LogP contribution in [0.5, 0.6) is 11.5 Å². The molecule has 0 spiro atoms. The highest BCUT2D eigenvalue weighted by atomic mass is 16.5. The molecule has 7 nitrogen and oxygen atoms in total. The molecule has 1 aliphatic heterocycles. The number of aromatic nitrogens is 1. The molecule has 1 N–H and O–H groups in total. The van der Waals surface area contributed by atoms with Gasteiger partial charge in [-0.15, -0.1) is 0 Å². The Balaban J connectivity index is 1.58. The number of benzene rings is 2. The van der Waals surface area contributed by atoms with Crippen molar-refractivity contribution in [2.75, 3.05) is 20.8 Å². The van der Waals surface area contributed by atoms with Gasteiger partial charge in [0.1, 0.15) is 22.7 Å². The van der Waals surface area contributed by atoms with Crippen molar-refractivity contribution in [3.63, 3.8) is 0 Å². The Labute approximate surface area is 206 Å². The van der Waals surface area contributed by atoms with E-state index in [0.29, 0.717) is 36.7 Å². The summed E-state index contributed by atoms with van der Waals surface area (Å²) in [5, 5.41) is 4.06. The number of hydrogen-bond acceptors (Lipinski definition) is 4. The molecule has 5 rings (SSSR count). The third kappa shape index (κ3) is 4.03. The van der Waals surface area contributed by atoms with Gasteiger partial charge in [0, 0.05) is 18.0 Å². The minimum atomic E-state index is -1.04. The van der Waals surface area contributed by atoms with Crippen molar-refractivity contribution in [3.05, 3.63) is 59.8 Å². The maximum Gasteiger partial charge on any atom is 0.271 e. The highest BCUT2D eigenvalue weighted by Crippen LogP contribution is 2.40. The highest BCUT2D eigenvalue weighted by molar-refractivity contribution is 6.06. The van der Waals surface area contributed by atoms with Gasteiger partial charge >= 0.3 is 0 Å². The van der Waals surface area contributed by atoms with Gasteiger partial charge in [-0.05, 0) is 49.9 Å². The molecule has 1 aromatic heterocycles. The lowest BCUT2D eigenvalue weighted by Gasteiger charge is -2.44. The molecular weight excluding hydrogens is 442 g/mol. The molecule has 35 heavy (non-hydrogen) atoms. The Hall–Kier alpha value is -3.48. The number of fused-ring (bicyclic) bond motifs is 3. The zero-order valence-corrected chi connectivity index (χ0v) is 20.7. The second-order valence-electron chi connectivity index (χ2n) is 9.77. The van der Waals surface area contributed by atoms with E-state index in [1.54, 1.807) is 19.1 Å². The van der Waals surface area contributed by atoms with Crippen molar-refractivity contribution in [3.8, 4) is 11.5 Å². The number of nitrogens with one attached hydrogen (secondary N) is 1. The van der Waals surface area contributed by atoms with Crippen molar-refractivity contribution in [2.24, 2.45) is 0 Å². The smallest absolute Gasteiger partial charge is 0.271 e. The van der Waals surface area contributed by atoms with Gasteiger partial charge < -0.3 is 24.3 Å². The van der Waals surface area contributed by atoms with E-state index >= 15 is 0 Å². The molecular formula is C28H33N3O4. The van der Waals surface area contributed by atoms with Gasteiger partial charge in [-0.1, -0.05) is 43.2 Å². The van der Waals surface area contributed by atoms with Gasteiger partial charge in [-0.25, -0.2) is 0 Å². The molecule has 3 aromatic rings. The van der Waals surface area contributed by atoms with Crippen molar-refractivity contribution < 1.29 is 19.1 Å². The number of amides is 2. The molecule has 2 aromatic carbocycles. The Morgan fingerprint density at radius 3 is 2.43 bits per heavy atom. The lowest BCUT2D eigenvalue weighted by Crippen LogP contribution is -2.65. The van der Waals surface area contributed by atoms with Crippen molar-refractivity contribution in [1.29, 1.82) is 0 Å². The summed E-state index contributed by atoms with van der Waals surface area (Å²) in [6, 6.07) is 15.8. The van der Waals surface area contributed by atoms with Crippen molar-refractivity contribution in [2.45, 2.75) is 57.2 Å². The number of hydrogen-bond donors (Lipinski definition) is 1. The molecule has 2 heterocycles. The van der Waals surface area contributed by atoms with Gasteiger partial charge in [-0.3, -0.25) is 9.59 Å². The van der Waals surface area contributed by atoms with Crippen LogP contribution in [0, 0.1) is 0 Å². The standard InChI is InChI=1S/C28H33N3O4/c1-28(27(33)29-20-11-7-8-12-20)18-30-22(17-21-23(34-2)13-14-24(35-3)25(21)30)26(32)31(28)16-15-19-9-5-4-6-10-19/h4-6,9-10,13-14,17,20H,7-8,11-12,15-16,18H2,1-3H3,(H,29,33)/t28-/m1/s1. The van der Waals surface area contributed by atoms with Crippen LogP contribution in [-0.4, -0.2) is 53.6 Å². The second-order valence-corrected chi connectivity index (χ2v) is 9.77. The van der Waals surface area contributed by atoms with E-state index in [9.17, 15) is 9.59 Å². The van der Waals surface area contributed by atoms with Crippen LogP contribution in [0.25, 0.3) is 10.9 Å². The summed E-state index contributed by atoms with van der Waals surface area (Å²) in [5.41, 5.74) is 1.41. The van der Waals surface area contributed by atoms with Crippen LogP contribution in [0.3, 0.4) is 0 Å². The normalized spacial score (nSPS) is 20.2. The first-order valence-corrected chi connectivity index (χ1v) is 12.4. The first-order chi connectivity index (χ1) is 17.0. The highest BCUT2D eigenvalue weighted by Gasteiger charge is 2.48. The molecule has 1 aliphatic carbocycles. The summed E-state index contributed by atoms with van der Waals surface area (Å²) in [6.45, 7) is 2.68. The van der Waals surface area contributed by atoms with Gasteiger partial charge in [0.05, 0.1) is 26.3 Å². The number of rotatable bonds is 7. The van der Waals surface area contributed by atoms with Crippen molar-refractivity contribution >= 4 is 22.7 Å². The van der Waals surface area contributed by atoms with E-state index < -0.39 is 5.54 Å². The SMILES string of the molecule is COc1ccc(OC)c2c1cc1n2C[C@](C)(C(=O)NC2CCCC2)N(CCc2ccccc2)C1=O.